The second kappa shape index (κ2) is 7.30. The van der Waals surface area contributed by atoms with Gasteiger partial charge in [-0.05, 0) is 29.8 Å². The summed E-state index contributed by atoms with van der Waals surface area (Å²) in [4.78, 5) is 0. The van der Waals surface area contributed by atoms with Gasteiger partial charge in [0.1, 0.15) is 0 Å². The molecule has 0 rings (SSSR count). The van der Waals surface area contributed by atoms with Crippen molar-refractivity contribution < 1.29 is 0 Å². The van der Waals surface area contributed by atoms with Gasteiger partial charge in [0.2, 0.25) is 0 Å². The molecule has 0 aliphatic heterocycles. The van der Waals surface area contributed by atoms with E-state index in [0.29, 0.717) is 5.92 Å². The molecule has 1 atom stereocenters. The van der Waals surface area contributed by atoms with Crippen LogP contribution in [0.15, 0.2) is 0 Å². The fraction of sp³-hybridized carbons (Fsp3) is 1.00. The lowest BCUT2D eigenvalue weighted by Gasteiger charge is -2.07. The zero-order valence-corrected chi connectivity index (χ0v) is 9.34. The summed E-state index contributed by atoms with van der Waals surface area (Å²) in [6, 6.07) is 0. The predicted octanol–water partition coefficient (Wildman–Crippen LogP) is 3.64. The number of thioether (sulfide) groups is 1. The quantitative estimate of drug-likeness (QED) is 0.460. The van der Waals surface area contributed by atoms with Crippen molar-refractivity contribution in [3.8, 4) is 0 Å². The highest BCUT2D eigenvalue weighted by Gasteiger charge is 2.00. The van der Waals surface area contributed by atoms with Gasteiger partial charge in [0.15, 0.2) is 0 Å². The smallest absolute Gasteiger partial charge is 0.0257 e. The van der Waals surface area contributed by atoms with Gasteiger partial charge in [-0.3, -0.25) is 0 Å². The Labute approximate surface area is 80.1 Å². The highest BCUT2D eigenvalue weighted by atomic mass is 35.5. The molecule has 0 spiro atoms. The molecule has 11 heavy (non-hydrogen) atoms. The first kappa shape index (κ1) is 11.6. The Bertz CT molecular complexity index is 83.6. The number of hydrogen-bond donors (Lipinski definition) is 0. The first-order chi connectivity index (χ1) is 5.16. The van der Waals surface area contributed by atoms with Gasteiger partial charge < -0.3 is 0 Å². The van der Waals surface area contributed by atoms with Gasteiger partial charge in [0.25, 0.3) is 0 Å². The van der Waals surface area contributed by atoms with E-state index in [9.17, 15) is 0 Å². The Morgan fingerprint density at radius 1 is 1.27 bits per heavy atom. The van der Waals surface area contributed by atoms with Crippen molar-refractivity contribution in [2.75, 3.05) is 17.4 Å². The zero-order valence-electron chi connectivity index (χ0n) is 7.77. The Balaban J connectivity index is 3.01. The molecule has 1 unspecified atom stereocenters. The lowest BCUT2D eigenvalue weighted by molar-refractivity contribution is 0.631. The predicted molar refractivity (Wildman–Crippen MR) is 56.7 cm³/mol. The first-order valence-corrected chi connectivity index (χ1v) is 5.99. The molecule has 0 aliphatic rings. The molecule has 0 amide bonds. The molecule has 68 valence electrons. The van der Waals surface area contributed by atoms with Gasteiger partial charge in [-0.15, -0.1) is 11.6 Å². The van der Waals surface area contributed by atoms with Crippen molar-refractivity contribution in [1.29, 1.82) is 0 Å². The molecule has 0 aromatic heterocycles. The largest absolute Gasteiger partial charge is 0.162 e. The van der Waals surface area contributed by atoms with Gasteiger partial charge in [-0.1, -0.05) is 20.8 Å². The molecule has 0 aromatic rings. The maximum atomic E-state index is 5.68. The van der Waals surface area contributed by atoms with Crippen LogP contribution in [0, 0.1) is 11.8 Å². The summed E-state index contributed by atoms with van der Waals surface area (Å²) in [5.41, 5.74) is 0. The summed E-state index contributed by atoms with van der Waals surface area (Å²) in [5.74, 6) is 4.83. The van der Waals surface area contributed by atoms with E-state index in [2.05, 4.69) is 20.8 Å². The second-order valence-electron chi connectivity index (χ2n) is 3.52. The van der Waals surface area contributed by atoms with Crippen LogP contribution in [0.4, 0.5) is 0 Å². The van der Waals surface area contributed by atoms with Crippen LogP contribution in [0.1, 0.15) is 27.2 Å². The molecule has 0 saturated carbocycles. The molecule has 0 aromatic carbocycles. The van der Waals surface area contributed by atoms with E-state index < -0.39 is 0 Å². The maximum absolute atomic E-state index is 5.68. The minimum absolute atomic E-state index is 0.675. The van der Waals surface area contributed by atoms with Crippen LogP contribution >= 0.6 is 23.4 Å². The van der Waals surface area contributed by atoms with Gasteiger partial charge in [0, 0.05) is 5.88 Å². The van der Waals surface area contributed by atoms with Crippen molar-refractivity contribution in [3.05, 3.63) is 0 Å². The van der Waals surface area contributed by atoms with Crippen LogP contribution in [0.5, 0.6) is 0 Å². The lowest BCUT2D eigenvalue weighted by Crippen LogP contribution is -2.00. The summed E-state index contributed by atoms with van der Waals surface area (Å²) in [5, 5.41) is 0. The third-order valence-electron chi connectivity index (χ3n) is 1.51. The van der Waals surface area contributed by atoms with E-state index in [1.54, 1.807) is 0 Å². The van der Waals surface area contributed by atoms with E-state index in [1.165, 1.54) is 17.9 Å². The standard InChI is InChI=1S/C9H19ClS/c1-8(2)4-5-11-7-9(3)6-10/h8-9H,4-7H2,1-3H3. The summed E-state index contributed by atoms with van der Waals surface area (Å²) in [6.07, 6.45) is 1.33. The molecule has 0 N–H and O–H groups in total. The van der Waals surface area contributed by atoms with Crippen molar-refractivity contribution in [3.63, 3.8) is 0 Å². The van der Waals surface area contributed by atoms with Crippen LogP contribution in [-0.2, 0) is 0 Å². The molecule has 0 bridgehead atoms. The molecule has 0 radical (unpaired) electrons. The summed E-state index contributed by atoms with van der Waals surface area (Å²) in [6.45, 7) is 6.74. The molecule has 0 saturated heterocycles. The highest BCUT2D eigenvalue weighted by molar-refractivity contribution is 7.99. The zero-order chi connectivity index (χ0) is 8.69. The average molecular weight is 195 g/mol. The number of hydrogen-bond acceptors (Lipinski definition) is 1. The minimum atomic E-state index is 0.675. The van der Waals surface area contributed by atoms with Crippen molar-refractivity contribution in [2.45, 2.75) is 27.2 Å². The van der Waals surface area contributed by atoms with E-state index in [1.807, 2.05) is 11.8 Å². The van der Waals surface area contributed by atoms with Crippen LogP contribution in [0.2, 0.25) is 0 Å². The fourth-order valence-electron chi connectivity index (χ4n) is 0.648. The Kier molecular flexibility index (Phi) is 7.72. The van der Waals surface area contributed by atoms with Crippen LogP contribution in [0.3, 0.4) is 0 Å². The minimum Gasteiger partial charge on any atom is -0.162 e. The molecular weight excluding hydrogens is 176 g/mol. The SMILES string of the molecule is CC(C)CCSCC(C)CCl. The summed E-state index contributed by atoms with van der Waals surface area (Å²) >= 11 is 7.71. The number of rotatable bonds is 6. The molecule has 0 heterocycles. The third kappa shape index (κ3) is 8.55. The Morgan fingerprint density at radius 3 is 2.36 bits per heavy atom. The van der Waals surface area contributed by atoms with Crippen LogP contribution in [-0.4, -0.2) is 17.4 Å². The summed E-state index contributed by atoms with van der Waals surface area (Å²) < 4.78 is 0. The van der Waals surface area contributed by atoms with Crippen molar-refractivity contribution in [1.82, 2.24) is 0 Å². The van der Waals surface area contributed by atoms with Gasteiger partial charge in [0.05, 0.1) is 0 Å². The average Bonchev–Trinajstić information content (AvgIpc) is 1.97. The lowest BCUT2D eigenvalue weighted by atomic mass is 10.2. The van der Waals surface area contributed by atoms with Gasteiger partial charge in [-0.25, -0.2) is 0 Å². The summed E-state index contributed by atoms with van der Waals surface area (Å²) in [7, 11) is 0. The van der Waals surface area contributed by atoms with Crippen molar-refractivity contribution in [2.24, 2.45) is 11.8 Å². The van der Waals surface area contributed by atoms with E-state index >= 15 is 0 Å². The van der Waals surface area contributed by atoms with Crippen LogP contribution < -0.4 is 0 Å². The molecule has 2 heteroatoms. The Hall–Kier alpha value is 0.640. The fourth-order valence-corrected chi connectivity index (χ4v) is 2.21. The first-order valence-electron chi connectivity index (χ1n) is 4.30. The third-order valence-corrected chi connectivity index (χ3v) is 3.36. The van der Waals surface area contributed by atoms with Gasteiger partial charge >= 0.3 is 0 Å². The van der Waals surface area contributed by atoms with E-state index in [-0.39, 0.29) is 0 Å². The molecule has 0 nitrogen and oxygen atoms in total. The number of halogens is 1. The second-order valence-corrected chi connectivity index (χ2v) is 4.98. The topological polar surface area (TPSA) is 0 Å². The normalized spacial score (nSPS) is 13.9. The monoisotopic (exact) mass is 194 g/mol. The molecule has 0 aliphatic carbocycles. The van der Waals surface area contributed by atoms with Gasteiger partial charge in [-0.2, -0.15) is 11.8 Å². The highest BCUT2D eigenvalue weighted by Crippen LogP contribution is 2.13. The van der Waals surface area contributed by atoms with Crippen LogP contribution in [0.25, 0.3) is 0 Å². The van der Waals surface area contributed by atoms with E-state index in [0.717, 1.165) is 11.8 Å². The van der Waals surface area contributed by atoms with E-state index in [4.69, 9.17) is 11.6 Å². The number of alkyl halides is 1. The molecular formula is C9H19ClS. The van der Waals surface area contributed by atoms with Crippen molar-refractivity contribution >= 4 is 23.4 Å². The maximum Gasteiger partial charge on any atom is 0.0257 e. The Morgan fingerprint density at radius 2 is 1.91 bits per heavy atom. The molecule has 0 fully saturated rings.